The fourth-order valence-electron chi connectivity index (χ4n) is 3.12. The zero-order valence-electron chi connectivity index (χ0n) is 14.8. The van der Waals surface area contributed by atoms with Gasteiger partial charge >= 0.3 is 11.9 Å². The number of carboxylic acids is 2. The second-order valence-corrected chi connectivity index (χ2v) is 6.06. The van der Waals surface area contributed by atoms with Crippen LogP contribution in [0.2, 0.25) is 0 Å². The molecule has 1 atom stereocenters. The van der Waals surface area contributed by atoms with Crippen LogP contribution in [-0.2, 0) is 5.54 Å². The van der Waals surface area contributed by atoms with Crippen molar-refractivity contribution in [3.05, 3.63) is 52.7 Å². The van der Waals surface area contributed by atoms with E-state index in [1.165, 1.54) is 0 Å². The second kappa shape index (κ2) is 6.98. The Morgan fingerprint density at radius 3 is 2.16 bits per heavy atom. The molecule has 0 fully saturated rings. The molecule has 0 aromatic heterocycles. The first-order valence-electron chi connectivity index (χ1n) is 7.85. The van der Waals surface area contributed by atoms with Crippen molar-refractivity contribution in [3.8, 4) is 0 Å². The molecule has 25 heavy (non-hydrogen) atoms. The lowest BCUT2D eigenvalue weighted by Crippen LogP contribution is -2.41. The van der Waals surface area contributed by atoms with Crippen LogP contribution in [0.4, 0.5) is 5.69 Å². The first-order chi connectivity index (χ1) is 11.8. The number of carboxylic acid groups (broad SMARTS) is 2. The molecule has 0 saturated heterocycles. The van der Waals surface area contributed by atoms with Gasteiger partial charge in [0.05, 0.1) is 22.4 Å². The van der Waals surface area contributed by atoms with Crippen LogP contribution in [-0.4, -0.2) is 50.3 Å². The third kappa shape index (κ3) is 3.23. The molecular weight excluding hydrogens is 322 g/mol. The van der Waals surface area contributed by atoms with Crippen LogP contribution in [0.3, 0.4) is 0 Å². The number of likely N-dealkylation sites (N-methyl/N-ethyl adjacent to an activating group) is 2. The van der Waals surface area contributed by atoms with Crippen LogP contribution >= 0.6 is 0 Å². The van der Waals surface area contributed by atoms with Crippen LogP contribution in [0.25, 0.3) is 0 Å². The number of hydrogen-bond acceptors (Lipinski definition) is 5. The van der Waals surface area contributed by atoms with Gasteiger partial charge in [-0.3, -0.25) is 0 Å². The summed E-state index contributed by atoms with van der Waals surface area (Å²) in [7, 11) is 6.90. The molecule has 0 spiro atoms. The summed E-state index contributed by atoms with van der Waals surface area (Å²) in [5.41, 5.74) is 0.509. The van der Waals surface area contributed by atoms with Gasteiger partial charge in [-0.05, 0) is 31.2 Å². The van der Waals surface area contributed by atoms with Crippen molar-refractivity contribution in [3.63, 3.8) is 0 Å². The predicted octanol–water partition coefficient (Wildman–Crippen LogP) is 1.63. The maximum Gasteiger partial charge on any atom is 0.338 e. The standard InChI is InChI=1S/C18H23N3O4/c1-19-11-7-9-18(20-2,10-8-11)12-5-6-13(21(3)4)15(17(24)25)14(12)16(22)23/h5-9,19-20H,10H2,1-4H3,(H,22,23)(H,24,25). The van der Waals surface area contributed by atoms with Gasteiger partial charge in [0.25, 0.3) is 0 Å². The summed E-state index contributed by atoms with van der Waals surface area (Å²) in [4.78, 5) is 25.4. The lowest BCUT2D eigenvalue weighted by atomic mass is 9.79. The zero-order valence-corrected chi connectivity index (χ0v) is 14.8. The SMILES string of the molecule is CNC1=CCC(NC)(c2ccc(N(C)C)c(C(=O)O)c2C(=O)O)C=C1. The largest absolute Gasteiger partial charge is 0.478 e. The molecule has 0 bridgehead atoms. The summed E-state index contributed by atoms with van der Waals surface area (Å²) < 4.78 is 0. The van der Waals surface area contributed by atoms with Crippen molar-refractivity contribution in [2.24, 2.45) is 0 Å². The van der Waals surface area contributed by atoms with Gasteiger partial charge in [-0.15, -0.1) is 0 Å². The summed E-state index contributed by atoms with van der Waals surface area (Å²) in [6.45, 7) is 0. The minimum atomic E-state index is -1.26. The highest BCUT2D eigenvalue weighted by atomic mass is 16.4. The number of allylic oxidation sites excluding steroid dienone is 1. The van der Waals surface area contributed by atoms with Gasteiger partial charge in [0.1, 0.15) is 0 Å². The molecule has 1 aromatic carbocycles. The van der Waals surface area contributed by atoms with Gasteiger partial charge in [-0.25, -0.2) is 9.59 Å². The Hall–Kier alpha value is -2.80. The van der Waals surface area contributed by atoms with Gasteiger partial charge in [-0.2, -0.15) is 0 Å². The lowest BCUT2D eigenvalue weighted by Gasteiger charge is -2.35. The number of carbonyl (C=O) groups is 2. The predicted molar refractivity (Wildman–Crippen MR) is 96.3 cm³/mol. The van der Waals surface area contributed by atoms with Crippen LogP contribution in [0, 0.1) is 0 Å². The average Bonchev–Trinajstić information content (AvgIpc) is 2.60. The Kier molecular flexibility index (Phi) is 5.18. The van der Waals surface area contributed by atoms with Crippen LogP contribution in [0.1, 0.15) is 32.7 Å². The summed E-state index contributed by atoms with van der Waals surface area (Å²) in [6.07, 6.45) is 6.16. The molecule has 1 unspecified atom stereocenters. The van der Waals surface area contributed by atoms with Crippen molar-refractivity contribution in [1.29, 1.82) is 0 Å². The Balaban J connectivity index is 2.76. The van der Waals surface area contributed by atoms with E-state index in [0.29, 0.717) is 17.7 Å². The minimum absolute atomic E-state index is 0.195. The molecule has 2 rings (SSSR count). The lowest BCUT2D eigenvalue weighted by molar-refractivity contribution is 0.0649. The molecule has 1 aromatic rings. The van der Waals surface area contributed by atoms with E-state index in [1.807, 2.05) is 18.2 Å². The topological polar surface area (TPSA) is 102 Å². The smallest absolute Gasteiger partial charge is 0.338 e. The zero-order chi connectivity index (χ0) is 18.8. The number of anilines is 1. The van der Waals surface area contributed by atoms with E-state index in [9.17, 15) is 19.8 Å². The van der Waals surface area contributed by atoms with Crippen LogP contribution in [0.15, 0.2) is 36.1 Å². The van der Waals surface area contributed by atoms with Crippen molar-refractivity contribution in [2.75, 3.05) is 33.1 Å². The number of aromatic carboxylic acids is 2. The van der Waals surface area contributed by atoms with E-state index in [4.69, 9.17) is 0 Å². The number of benzene rings is 1. The Morgan fingerprint density at radius 2 is 1.76 bits per heavy atom. The van der Waals surface area contributed by atoms with E-state index in [1.54, 1.807) is 45.2 Å². The van der Waals surface area contributed by atoms with Gasteiger partial charge < -0.3 is 25.7 Å². The van der Waals surface area contributed by atoms with E-state index < -0.39 is 17.5 Å². The Labute approximate surface area is 146 Å². The average molecular weight is 345 g/mol. The minimum Gasteiger partial charge on any atom is -0.478 e. The van der Waals surface area contributed by atoms with Crippen molar-refractivity contribution in [2.45, 2.75) is 12.0 Å². The Bertz CT molecular complexity index is 768. The second-order valence-electron chi connectivity index (χ2n) is 6.06. The molecule has 1 aliphatic carbocycles. The molecule has 0 amide bonds. The van der Waals surface area contributed by atoms with Crippen molar-refractivity contribution >= 4 is 17.6 Å². The Morgan fingerprint density at radius 1 is 1.12 bits per heavy atom. The molecule has 0 heterocycles. The number of nitrogens with zero attached hydrogens (tertiary/aromatic N) is 1. The van der Waals surface area contributed by atoms with E-state index in [-0.39, 0.29) is 11.1 Å². The van der Waals surface area contributed by atoms with E-state index >= 15 is 0 Å². The highest BCUT2D eigenvalue weighted by Gasteiger charge is 2.36. The molecule has 134 valence electrons. The summed E-state index contributed by atoms with van der Waals surface area (Å²) in [5, 5.41) is 25.6. The fraction of sp³-hybridized carbons (Fsp3) is 0.333. The van der Waals surface area contributed by atoms with Gasteiger partial charge in [0.2, 0.25) is 0 Å². The number of nitrogens with one attached hydrogen (secondary N) is 2. The summed E-state index contributed by atoms with van der Waals surface area (Å²) >= 11 is 0. The van der Waals surface area contributed by atoms with E-state index in [2.05, 4.69) is 10.6 Å². The van der Waals surface area contributed by atoms with Crippen LogP contribution < -0.4 is 15.5 Å². The fourth-order valence-corrected chi connectivity index (χ4v) is 3.12. The molecule has 0 saturated carbocycles. The van der Waals surface area contributed by atoms with Gasteiger partial charge in [0, 0.05) is 26.8 Å². The monoisotopic (exact) mass is 345 g/mol. The molecule has 1 aliphatic rings. The van der Waals surface area contributed by atoms with Gasteiger partial charge in [-0.1, -0.05) is 18.2 Å². The number of hydrogen-bond donors (Lipinski definition) is 4. The van der Waals surface area contributed by atoms with Crippen molar-refractivity contribution < 1.29 is 19.8 Å². The summed E-state index contributed by atoms with van der Waals surface area (Å²) in [5.74, 6) is -2.53. The normalized spacial score (nSPS) is 19.3. The van der Waals surface area contributed by atoms with Gasteiger partial charge in [0.15, 0.2) is 0 Å². The first-order valence-corrected chi connectivity index (χ1v) is 7.85. The molecule has 7 heteroatoms. The quantitative estimate of drug-likeness (QED) is 0.621. The maximum atomic E-state index is 12.0. The third-order valence-electron chi connectivity index (χ3n) is 4.50. The highest BCUT2D eigenvalue weighted by molar-refractivity contribution is 6.07. The molecule has 0 radical (unpaired) electrons. The van der Waals surface area contributed by atoms with Crippen LogP contribution in [0.5, 0.6) is 0 Å². The molecule has 0 aliphatic heterocycles. The summed E-state index contributed by atoms with van der Waals surface area (Å²) in [6, 6.07) is 3.33. The van der Waals surface area contributed by atoms with Crippen molar-refractivity contribution in [1.82, 2.24) is 10.6 Å². The molecule has 4 N–H and O–H groups in total. The molecule has 7 nitrogen and oxygen atoms in total. The van der Waals surface area contributed by atoms with E-state index in [0.717, 1.165) is 5.70 Å². The first kappa shape index (κ1) is 18.5. The highest BCUT2D eigenvalue weighted by Crippen LogP contribution is 2.37. The number of rotatable bonds is 6. The molecular formula is C18H23N3O4. The third-order valence-corrected chi connectivity index (χ3v) is 4.50. The maximum absolute atomic E-state index is 12.0.